The van der Waals surface area contributed by atoms with Crippen molar-refractivity contribution in [2.24, 2.45) is 5.92 Å². The number of halogens is 1. The van der Waals surface area contributed by atoms with Gasteiger partial charge in [0.05, 0.1) is 30.1 Å². The van der Waals surface area contributed by atoms with Crippen LogP contribution in [0.1, 0.15) is 39.1 Å². The molecule has 8 heteroatoms. The Morgan fingerprint density at radius 3 is 2.90 bits per heavy atom. The smallest absolute Gasteiger partial charge is 0.261 e. The SMILES string of the molecule is COc1ccc2ncc(F)c(C(=O)Nc3cccc4c3C(=O)N(CC3CC3)C4)c2n1. The van der Waals surface area contributed by atoms with Crippen LogP contribution in [-0.2, 0) is 6.54 Å². The molecular formula is C22H19FN4O3. The summed E-state index contributed by atoms with van der Waals surface area (Å²) in [5.41, 5.74) is 1.92. The number of rotatable bonds is 5. The summed E-state index contributed by atoms with van der Waals surface area (Å²) in [7, 11) is 1.44. The molecular weight excluding hydrogens is 387 g/mol. The van der Waals surface area contributed by atoms with Crippen LogP contribution in [0.5, 0.6) is 5.88 Å². The number of hydrogen-bond acceptors (Lipinski definition) is 5. The highest BCUT2D eigenvalue weighted by Gasteiger charge is 2.34. The standard InChI is InChI=1S/C22H19FN4O3/c1-30-17-8-7-16-20(26-17)19(14(23)9-24-16)21(28)25-15-4-2-3-13-11-27(10-12-5-6-12)22(29)18(13)15/h2-4,7-9,12H,5-6,10-11H2,1H3,(H,25,28). The average Bonchev–Trinajstić information content (AvgIpc) is 3.50. The summed E-state index contributed by atoms with van der Waals surface area (Å²) in [6, 6.07) is 8.52. The first-order valence-corrected chi connectivity index (χ1v) is 9.77. The normalized spacial score (nSPS) is 15.4. The quantitative estimate of drug-likeness (QED) is 0.702. The number of carbonyl (C=O) groups is 2. The summed E-state index contributed by atoms with van der Waals surface area (Å²) in [4.78, 5) is 36.0. The monoisotopic (exact) mass is 406 g/mol. The fraction of sp³-hybridized carbons (Fsp3) is 0.273. The molecule has 30 heavy (non-hydrogen) atoms. The Hall–Kier alpha value is -3.55. The molecule has 5 rings (SSSR count). The molecule has 152 valence electrons. The highest BCUT2D eigenvalue weighted by Crippen LogP contribution is 2.35. The molecule has 0 atom stereocenters. The second kappa shape index (κ2) is 7.05. The van der Waals surface area contributed by atoms with Crippen LogP contribution < -0.4 is 10.1 Å². The minimum absolute atomic E-state index is 0.0983. The maximum Gasteiger partial charge on any atom is 0.261 e. The number of carbonyl (C=O) groups excluding carboxylic acids is 2. The molecule has 0 radical (unpaired) electrons. The number of aromatic nitrogens is 2. The lowest BCUT2D eigenvalue weighted by molar-refractivity contribution is 0.0772. The molecule has 1 saturated carbocycles. The summed E-state index contributed by atoms with van der Waals surface area (Å²) in [6.45, 7) is 1.26. The van der Waals surface area contributed by atoms with Crippen molar-refractivity contribution < 1.29 is 18.7 Å². The number of amides is 2. The van der Waals surface area contributed by atoms with E-state index in [1.807, 2.05) is 11.0 Å². The van der Waals surface area contributed by atoms with Crippen molar-refractivity contribution in [1.29, 1.82) is 0 Å². The third kappa shape index (κ3) is 3.14. The first-order chi connectivity index (χ1) is 14.5. The number of fused-ring (bicyclic) bond motifs is 2. The van der Waals surface area contributed by atoms with Crippen molar-refractivity contribution in [3.05, 3.63) is 59.0 Å². The van der Waals surface area contributed by atoms with Gasteiger partial charge in [0.15, 0.2) is 5.82 Å². The molecule has 1 aliphatic heterocycles. The van der Waals surface area contributed by atoms with Crippen LogP contribution in [0.4, 0.5) is 10.1 Å². The van der Waals surface area contributed by atoms with Crippen molar-refractivity contribution in [3.8, 4) is 5.88 Å². The van der Waals surface area contributed by atoms with E-state index >= 15 is 0 Å². The number of anilines is 1. The zero-order chi connectivity index (χ0) is 20.8. The van der Waals surface area contributed by atoms with Crippen LogP contribution in [0.3, 0.4) is 0 Å². The molecule has 1 aromatic carbocycles. The molecule has 0 saturated heterocycles. The van der Waals surface area contributed by atoms with Gasteiger partial charge in [0.1, 0.15) is 11.1 Å². The van der Waals surface area contributed by atoms with Crippen molar-refractivity contribution in [2.45, 2.75) is 19.4 Å². The van der Waals surface area contributed by atoms with Crippen LogP contribution >= 0.6 is 0 Å². The lowest BCUT2D eigenvalue weighted by Gasteiger charge is -2.15. The highest BCUT2D eigenvalue weighted by atomic mass is 19.1. The minimum Gasteiger partial charge on any atom is -0.481 e. The average molecular weight is 406 g/mol. The van der Waals surface area contributed by atoms with Gasteiger partial charge in [0.25, 0.3) is 11.8 Å². The maximum absolute atomic E-state index is 14.6. The maximum atomic E-state index is 14.6. The van der Waals surface area contributed by atoms with E-state index in [-0.39, 0.29) is 22.9 Å². The number of pyridine rings is 2. The van der Waals surface area contributed by atoms with Crippen LogP contribution in [-0.4, -0.2) is 40.3 Å². The molecule has 0 unspecified atom stereocenters. The number of ether oxygens (including phenoxy) is 1. The summed E-state index contributed by atoms with van der Waals surface area (Å²) in [6.07, 6.45) is 3.28. The van der Waals surface area contributed by atoms with Gasteiger partial charge in [0, 0.05) is 19.2 Å². The van der Waals surface area contributed by atoms with Gasteiger partial charge >= 0.3 is 0 Å². The molecule has 2 aromatic heterocycles. The van der Waals surface area contributed by atoms with Crippen LogP contribution in [0, 0.1) is 11.7 Å². The molecule has 2 amide bonds. The Morgan fingerprint density at radius 1 is 1.30 bits per heavy atom. The van der Waals surface area contributed by atoms with Crippen molar-refractivity contribution in [2.75, 3.05) is 19.0 Å². The first kappa shape index (κ1) is 18.5. The zero-order valence-electron chi connectivity index (χ0n) is 16.3. The van der Waals surface area contributed by atoms with E-state index in [1.165, 1.54) is 7.11 Å². The molecule has 3 aromatic rings. The second-order valence-corrected chi connectivity index (χ2v) is 7.63. The number of methoxy groups -OCH3 is 1. The van der Waals surface area contributed by atoms with Crippen LogP contribution in [0.25, 0.3) is 11.0 Å². The fourth-order valence-electron chi connectivity index (χ4n) is 3.82. The molecule has 0 bridgehead atoms. The predicted molar refractivity (Wildman–Crippen MR) is 108 cm³/mol. The molecule has 7 nitrogen and oxygen atoms in total. The first-order valence-electron chi connectivity index (χ1n) is 9.77. The number of hydrogen-bond donors (Lipinski definition) is 1. The van der Waals surface area contributed by atoms with E-state index in [4.69, 9.17) is 4.74 Å². The second-order valence-electron chi connectivity index (χ2n) is 7.63. The third-order valence-corrected chi connectivity index (χ3v) is 5.51. The summed E-state index contributed by atoms with van der Waals surface area (Å²) in [5, 5.41) is 2.71. The van der Waals surface area contributed by atoms with Gasteiger partial charge in [-0.1, -0.05) is 12.1 Å². The molecule has 2 aliphatic rings. The fourth-order valence-corrected chi connectivity index (χ4v) is 3.82. The van der Waals surface area contributed by atoms with E-state index in [0.29, 0.717) is 29.2 Å². The Bertz CT molecular complexity index is 1190. The van der Waals surface area contributed by atoms with Gasteiger partial charge in [0.2, 0.25) is 5.88 Å². The number of nitrogens with zero attached hydrogens (tertiary/aromatic N) is 3. The molecule has 0 spiro atoms. The predicted octanol–water partition coefficient (Wildman–Crippen LogP) is 3.40. The summed E-state index contributed by atoms with van der Waals surface area (Å²) >= 11 is 0. The van der Waals surface area contributed by atoms with Crippen molar-refractivity contribution >= 4 is 28.5 Å². The Balaban J connectivity index is 1.50. The third-order valence-electron chi connectivity index (χ3n) is 5.51. The highest BCUT2D eigenvalue weighted by molar-refractivity contribution is 6.14. The largest absolute Gasteiger partial charge is 0.481 e. The van der Waals surface area contributed by atoms with Crippen molar-refractivity contribution in [1.82, 2.24) is 14.9 Å². The van der Waals surface area contributed by atoms with Gasteiger partial charge < -0.3 is 15.0 Å². The lowest BCUT2D eigenvalue weighted by Crippen LogP contribution is -2.26. The van der Waals surface area contributed by atoms with Gasteiger partial charge in [-0.2, -0.15) is 0 Å². The van der Waals surface area contributed by atoms with Gasteiger partial charge in [-0.3, -0.25) is 14.6 Å². The zero-order valence-corrected chi connectivity index (χ0v) is 16.3. The van der Waals surface area contributed by atoms with Gasteiger partial charge in [-0.25, -0.2) is 9.37 Å². The minimum atomic E-state index is -0.796. The lowest BCUT2D eigenvalue weighted by atomic mass is 10.1. The molecule has 1 N–H and O–H groups in total. The van der Waals surface area contributed by atoms with E-state index in [1.54, 1.807) is 24.3 Å². The van der Waals surface area contributed by atoms with E-state index < -0.39 is 11.7 Å². The summed E-state index contributed by atoms with van der Waals surface area (Å²) in [5.74, 6) is -0.778. The topological polar surface area (TPSA) is 84.4 Å². The molecule has 3 heterocycles. The Morgan fingerprint density at radius 2 is 2.13 bits per heavy atom. The van der Waals surface area contributed by atoms with E-state index in [2.05, 4.69) is 15.3 Å². The number of nitrogens with one attached hydrogen (secondary N) is 1. The van der Waals surface area contributed by atoms with Crippen LogP contribution in [0.2, 0.25) is 0 Å². The molecule has 1 aliphatic carbocycles. The Labute approximate surface area is 171 Å². The van der Waals surface area contributed by atoms with Crippen LogP contribution in [0.15, 0.2) is 36.5 Å². The molecule has 1 fully saturated rings. The van der Waals surface area contributed by atoms with E-state index in [9.17, 15) is 14.0 Å². The number of benzene rings is 1. The van der Waals surface area contributed by atoms with Crippen molar-refractivity contribution in [3.63, 3.8) is 0 Å². The van der Waals surface area contributed by atoms with Gasteiger partial charge in [-0.15, -0.1) is 0 Å². The van der Waals surface area contributed by atoms with Gasteiger partial charge in [-0.05, 0) is 36.5 Å². The summed E-state index contributed by atoms with van der Waals surface area (Å²) < 4.78 is 19.7. The van der Waals surface area contributed by atoms with E-state index in [0.717, 1.165) is 31.1 Å². The Kier molecular flexibility index (Phi) is 4.34.